The van der Waals surface area contributed by atoms with Gasteiger partial charge in [0, 0.05) is 17.5 Å². The lowest BCUT2D eigenvalue weighted by Gasteiger charge is -1.93. The molecule has 0 aromatic carbocycles. The minimum absolute atomic E-state index is 0.949. The SMILES string of the molecule is CC.CC.Cc1ccn2ncc(C)c2n1. The second-order valence-electron chi connectivity index (χ2n) is 2.66. The Kier molecular flexibility index (Phi) is 6.34. The molecule has 2 heterocycles. The third-order valence-electron chi connectivity index (χ3n) is 1.68. The van der Waals surface area contributed by atoms with Gasteiger partial charge in [0.05, 0.1) is 6.20 Å². The van der Waals surface area contributed by atoms with Crippen molar-refractivity contribution >= 4 is 5.65 Å². The van der Waals surface area contributed by atoms with Gasteiger partial charge in [-0.05, 0) is 19.9 Å². The molecule has 2 rings (SSSR count). The molecule has 2 aromatic heterocycles. The minimum Gasteiger partial charge on any atom is -0.234 e. The van der Waals surface area contributed by atoms with Crippen LogP contribution >= 0.6 is 0 Å². The van der Waals surface area contributed by atoms with E-state index in [0.29, 0.717) is 0 Å². The molecule has 0 saturated heterocycles. The monoisotopic (exact) mass is 207 g/mol. The van der Waals surface area contributed by atoms with Crippen LogP contribution in [-0.4, -0.2) is 14.6 Å². The van der Waals surface area contributed by atoms with Crippen molar-refractivity contribution in [2.24, 2.45) is 0 Å². The van der Waals surface area contributed by atoms with Gasteiger partial charge in [-0.25, -0.2) is 9.50 Å². The van der Waals surface area contributed by atoms with E-state index in [1.807, 2.05) is 60.0 Å². The molecule has 0 aliphatic carbocycles. The Labute approximate surface area is 92.2 Å². The molecule has 3 nitrogen and oxygen atoms in total. The summed E-state index contributed by atoms with van der Waals surface area (Å²) in [6, 6.07) is 1.94. The van der Waals surface area contributed by atoms with Gasteiger partial charge in [0.1, 0.15) is 0 Å². The van der Waals surface area contributed by atoms with Gasteiger partial charge < -0.3 is 0 Å². The number of nitrogens with zero attached hydrogens (tertiary/aromatic N) is 3. The fourth-order valence-corrected chi connectivity index (χ4v) is 1.07. The van der Waals surface area contributed by atoms with Gasteiger partial charge in [0.15, 0.2) is 5.65 Å². The van der Waals surface area contributed by atoms with E-state index in [9.17, 15) is 0 Å². The zero-order valence-electron chi connectivity index (χ0n) is 10.6. The van der Waals surface area contributed by atoms with Gasteiger partial charge in [-0.2, -0.15) is 5.10 Å². The summed E-state index contributed by atoms with van der Waals surface area (Å²) in [6.45, 7) is 12.0. The summed E-state index contributed by atoms with van der Waals surface area (Å²) in [7, 11) is 0. The maximum Gasteiger partial charge on any atom is 0.158 e. The highest BCUT2D eigenvalue weighted by Crippen LogP contribution is 2.05. The first-order valence-corrected chi connectivity index (χ1v) is 5.55. The average molecular weight is 207 g/mol. The molecule has 0 spiro atoms. The molecule has 2 aromatic rings. The maximum absolute atomic E-state index is 4.34. The Morgan fingerprint density at radius 2 is 1.67 bits per heavy atom. The van der Waals surface area contributed by atoms with Crippen LogP contribution in [-0.2, 0) is 0 Å². The van der Waals surface area contributed by atoms with Crippen LogP contribution in [0.2, 0.25) is 0 Å². The Morgan fingerprint density at radius 1 is 1.07 bits per heavy atom. The van der Waals surface area contributed by atoms with Crippen molar-refractivity contribution in [3.8, 4) is 0 Å². The third kappa shape index (κ3) is 3.35. The molecule has 0 amide bonds. The fourth-order valence-electron chi connectivity index (χ4n) is 1.07. The first kappa shape index (κ1) is 13.6. The lowest BCUT2D eigenvalue weighted by atomic mass is 10.4. The molecule has 84 valence electrons. The lowest BCUT2D eigenvalue weighted by Crippen LogP contribution is -1.90. The molecule has 0 atom stereocenters. The molecule has 0 saturated carbocycles. The molecule has 0 fully saturated rings. The topological polar surface area (TPSA) is 30.2 Å². The van der Waals surface area contributed by atoms with E-state index < -0.39 is 0 Å². The van der Waals surface area contributed by atoms with Crippen molar-refractivity contribution in [3.05, 3.63) is 29.7 Å². The number of aromatic nitrogens is 3. The standard InChI is InChI=1S/C8H9N3.2C2H6/c1-6-5-9-11-4-3-7(2)10-8(6)11;2*1-2/h3-5H,1-2H3;2*1-2H3. The molecular weight excluding hydrogens is 186 g/mol. The van der Waals surface area contributed by atoms with Crippen molar-refractivity contribution in [2.75, 3.05) is 0 Å². The normalized spacial score (nSPS) is 8.67. The Balaban J connectivity index is 0.000000442. The average Bonchev–Trinajstić information content (AvgIpc) is 2.66. The summed E-state index contributed by atoms with van der Waals surface area (Å²) in [5.41, 5.74) is 3.10. The molecule has 0 unspecified atom stereocenters. The Bertz CT molecular complexity index is 391. The van der Waals surface area contributed by atoms with E-state index in [2.05, 4.69) is 10.1 Å². The highest BCUT2D eigenvalue weighted by molar-refractivity contribution is 5.45. The fraction of sp³-hybridized carbons (Fsp3) is 0.500. The predicted octanol–water partition coefficient (Wildman–Crippen LogP) is 3.40. The summed E-state index contributed by atoms with van der Waals surface area (Å²) < 4.78 is 1.78. The van der Waals surface area contributed by atoms with E-state index in [-0.39, 0.29) is 0 Å². The molecule has 0 aliphatic heterocycles. The second-order valence-corrected chi connectivity index (χ2v) is 2.66. The van der Waals surface area contributed by atoms with Crippen LogP contribution in [0, 0.1) is 13.8 Å². The Morgan fingerprint density at radius 3 is 2.27 bits per heavy atom. The highest BCUT2D eigenvalue weighted by atomic mass is 15.2. The number of hydrogen-bond donors (Lipinski definition) is 0. The summed E-state index contributed by atoms with van der Waals surface area (Å²) in [4.78, 5) is 4.34. The van der Waals surface area contributed by atoms with Gasteiger partial charge in [-0.15, -0.1) is 0 Å². The van der Waals surface area contributed by atoms with Gasteiger partial charge in [-0.1, -0.05) is 27.7 Å². The van der Waals surface area contributed by atoms with Crippen molar-refractivity contribution < 1.29 is 0 Å². The van der Waals surface area contributed by atoms with Crippen LogP contribution in [0.1, 0.15) is 39.0 Å². The third-order valence-corrected chi connectivity index (χ3v) is 1.68. The van der Waals surface area contributed by atoms with Crippen molar-refractivity contribution in [2.45, 2.75) is 41.5 Å². The van der Waals surface area contributed by atoms with E-state index in [1.165, 1.54) is 0 Å². The zero-order valence-corrected chi connectivity index (χ0v) is 10.6. The smallest absolute Gasteiger partial charge is 0.158 e. The quantitative estimate of drug-likeness (QED) is 0.662. The first-order chi connectivity index (χ1) is 7.27. The summed E-state index contributed by atoms with van der Waals surface area (Å²) in [6.07, 6.45) is 3.74. The summed E-state index contributed by atoms with van der Waals surface area (Å²) in [5, 5.41) is 4.11. The van der Waals surface area contributed by atoms with E-state index >= 15 is 0 Å². The summed E-state index contributed by atoms with van der Waals surface area (Å²) >= 11 is 0. The molecule has 3 heteroatoms. The van der Waals surface area contributed by atoms with Crippen LogP contribution < -0.4 is 0 Å². The van der Waals surface area contributed by atoms with Gasteiger partial charge >= 0.3 is 0 Å². The minimum atomic E-state index is 0.949. The van der Waals surface area contributed by atoms with Crippen LogP contribution in [0.25, 0.3) is 5.65 Å². The molecule has 0 bridgehead atoms. The van der Waals surface area contributed by atoms with Crippen LogP contribution in [0.5, 0.6) is 0 Å². The molecule has 0 radical (unpaired) electrons. The van der Waals surface area contributed by atoms with Crippen molar-refractivity contribution in [3.63, 3.8) is 0 Å². The van der Waals surface area contributed by atoms with Gasteiger partial charge in [-0.3, -0.25) is 0 Å². The zero-order chi connectivity index (χ0) is 11.8. The highest BCUT2D eigenvalue weighted by Gasteiger charge is 1.98. The lowest BCUT2D eigenvalue weighted by molar-refractivity contribution is 0.929. The second kappa shape index (κ2) is 6.98. The predicted molar refractivity (Wildman–Crippen MR) is 65.2 cm³/mol. The Hall–Kier alpha value is -1.38. The van der Waals surface area contributed by atoms with Crippen LogP contribution in [0.4, 0.5) is 0 Å². The molecule has 15 heavy (non-hydrogen) atoms. The van der Waals surface area contributed by atoms with Crippen molar-refractivity contribution in [1.82, 2.24) is 14.6 Å². The van der Waals surface area contributed by atoms with Crippen molar-refractivity contribution in [1.29, 1.82) is 0 Å². The van der Waals surface area contributed by atoms with Gasteiger partial charge in [0.2, 0.25) is 0 Å². The van der Waals surface area contributed by atoms with E-state index in [4.69, 9.17) is 0 Å². The molecular formula is C12H21N3. The van der Waals surface area contributed by atoms with Crippen LogP contribution in [0.3, 0.4) is 0 Å². The molecule has 0 N–H and O–H groups in total. The van der Waals surface area contributed by atoms with Crippen LogP contribution in [0.15, 0.2) is 18.5 Å². The number of hydrogen-bond acceptors (Lipinski definition) is 2. The van der Waals surface area contributed by atoms with E-state index in [1.54, 1.807) is 4.52 Å². The van der Waals surface area contributed by atoms with Gasteiger partial charge in [0.25, 0.3) is 0 Å². The number of fused-ring (bicyclic) bond motifs is 1. The van der Waals surface area contributed by atoms with E-state index in [0.717, 1.165) is 16.9 Å². The largest absolute Gasteiger partial charge is 0.234 e. The number of aryl methyl sites for hydroxylation is 2. The summed E-state index contributed by atoms with van der Waals surface area (Å²) in [5.74, 6) is 0. The number of rotatable bonds is 0. The maximum atomic E-state index is 4.34. The first-order valence-electron chi connectivity index (χ1n) is 5.55. The molecule has 0 aliphatic rings.